The van der Waals surface area contributed by atoms with Crippen LogP contribution in [-0.4, -0.2) is 11.0 Å². The number of hydrogen-bond acceptors (Lipinski definition) is 2. The number of rotatable bonds is 5. The van der Waals surface area contributed by atoms with Crippen LogP contribution < -0.4 is 5.32 Å². The summed E-state index contributed by atoms with van der Waals surface area (Å²) in [5.41, 5.74) is 4.19. The number of alkyl halides is 2. The number of nitrogens with one attached hydrogen (secondary N) is 1. The molecule has 5 heteroatoms. The Bertz CT molecular complexity index is 640. The van der Waals surface area contributed by atoms with Gasteiger partial charge in [-0.25, -0.2) is 0 Å². The Hall–Kier alpha value is -1.55. The third-order valence-corrected chi connectivity index (χ3v) is 4.29. The van der Waals surface area contributed by atoms with Crippen LogP contribution in [0.25, 0.3) is 0 Å². The monoisotopic (exact) mass is 381 g/mol. The minimum Gasteiger partial charge on any atom is -0.389 e. The molecule has 0 spiro atoms. The summed E-state index contributed by atoms with van der Waals surface area (Å²) in [6, 6.07) is 15.6. The maximum absolute atomic E-state index is 10.8. The van der Waals surface area contributed by atoms with Gasteiger partial charge in [0, 0.05) is 18.7 Å². The van der Waals surface area contributed by atoms with Gasteiger partial charge in [-0.05, 0) is 36.1 Å². The summed E-state index contributed by atoms with van der Waals surface area (Å²) < 4.78 is 0. The average molecular weight is 382 g/mol. The molecule has 0 aliphatic heterocycles. The molecular formula is C20H25Cl2NO2. The van der Waals surface area contributed by atoms with Crippen LogP contribution in [0.4, 0.5) is 0 Å². The van der Waals surface area contributed by atoms with Crippen molar-refractivity contribution in [1.82, 2.24) is 5.32 Å². The van der Waals surface area contributed by atoms with E-state index in [-0.39, 0.29) is 18.1 Å². The predicted molar refractivity (Wildman–Crippen MR) is 105 cm³/mol. The molecular weight excluding hydrogens is 357 g/mol. The van der Waals surface area contributed by atoms with Gasteiger partial charge < -0.3 is 10.4 Å². The fourth-order valence-corrected chi connectivity index (χ4v) is 2.53. The van der Waals surface area contributed by atoms with E-state index in [4.69, 9.17) is 28.3 Å². The lowest BCUT2D eigenvalue weighted by Crippen LogP contribution is -2.23. The topological polar surface area (TPSA) is 49.3 Å². The molecule has 2 aromatic carbocycles. The average Bonchev–Trinajstić information content (AvgIpc) is 2.61. The van der Waals surface area contributed by atoms with Gasteiger partial charge in [-0.2, -0.15) is 0 Å². The number of amides is 1. The van der Waals surface area contributed by atoms with Crippen molar-refractivity contribution in [3.63, 3.8) is 0 Å². The number of hydrogen-bond donors (Lipinski definition) is 2. The van der Waals surface area contributed by atoms with Crippen LogP contribution in [0.1, 0.15) is 55.2 Å². The SMILES string of the molecule is CC(=O)NC(C)c1ccc(CCl)cc1.CC(O)c1ccc(CCl)cc1. The van der Waals surface area contributed by atoms with Crippen molar-refractivity contribution in [2.24, 2.45) is 0 Å². The second kappa shape index (κ2) is 11.1. The van der Waals surface area contributed by atoms with E-state index in [1.165, 1.54) is 6.92 Å². The van der Waals surface area contributed by atoms with Crippen molar-refractivity contribution >= 4 is 29.1 Å². The molecule has 0 aliphatic carbocycles. The van der Waals surface area contributed by atoms with Gasteiger partial charge in [-0.1, -0.05) is 48.5 Å². The lowest BCUT2D eigenvalue weighted by Gasteiger charge is -2.12. The number of carbonyl (C=O) groups is 1. The van der Waals surface area contributed by atoms with Gasteiger partial charge in [-0.15, -0.1) is 23.2 Å². The quantitative estimate of drug-likeness (QED) is 0.707. The lowest BCUT2D eigenvalue weighted by molar-refractivity contribution is -0.119. The molecule has 0 radical (unpaired) electrons. The van der Waals surface area contributed by atoms with Crippen molar-refractivity contribution in [2.75, 3.05) is 0 Å². The van der Waals surface area contributed by atoms with Crippen molar-refractivity contribution in [3.8, 4) is 0 Å². The van der Waals surface area contributed by atoms with E-state index in [2.05, 4.69) is 5.32 Å². The minimum absolute atomic E-state index is 0.0149. The molecule has 25 heavy (non-hydrogen) atoms. The standard InChI is InChI=1S/C11H14ClNO.C9H11ClO/c1-8(13-9(2)14)11-5-3-10(7-12)4-6-11;1-7(11)9-4-2-8(6-10)3-5-9/h3-6,8H,7H2,1-2H3,(H,13,14);2-5,7,11H,6H2,1H3. The molecule has 2 atom stereocenters. The van der Waals surface area contributed by atoms with Crippen molar-refractivity contribution in [1.29, 1.82) is 0 Å². The summed E-state index contributed by atoms with van der Waals surface area (Å²) in [4.78, 5) is 10.8. The number of aliphatic hydroxyl groups excluding tert-OH is 1. The van der Waals surface area contributed by atoms with Crippen LogP contribution in [0.2, 0.25) is 0 Å². The summed E-state index contributed by atoms with van der Waals surface area (Å²) in [6.45, 7) is 5.22. The zero-order valence-corrected chi connectivity index (χ0v) is 16.3. The first-order valence-electron chi connectivity index (χ1n) is 8.12. The second-order valence-corrected chi connectivity index (χ2v) is 6.38. The van der Waals surface area contributed by atoms with E-state index in [1.54, 1.807) is 6.92 Å². The lowest BCUT2D eigenvalue weighted by atomic mass is 10.1. The van der Waals surface area contributed by atoms with Crippen LogP contribution in [0.5, 0.6) is 0 Å². The highest BCUT2D eigenvalue weighted by molar-refractivity contribution is 6.17. The number of aliphatic hydroxyl groups is 1. The molecule has 136 valence electrons. The number of benzene rings is 2. The molecule has 0 fully saturated rings. The maximum Gasteiger partial charge on any atom is 0.217 e. The molecule has 2 N–H and O–H groups in total. The van der Waals surface area contributed by atoms with E-state index in [0.717, 1.165) is 22.3 Å². The Morgan fingerprint density at radius 1 is 0.920 bits per heavy atom. The van der Waals surface area contributed by atoms with Crippen molar-refractivity contribution in [2.45, 2.75) is 44.7 Å². The molecule has 0 aliphatic rings. The molecule has 0 aromatic heterocycles. The summed E-state index contributed by atoms with van der Waals surface area (Å²) in [7, 11) is 0. The first-order valence-corrected chi connectivity index (χ1v) is 9.19. The van der Waals surface area contributed by atoms with Crippen LogP contribution in [0, 0.1) is 0 Å². The van der Waals surface area contributed by atoms with Crippen LogP contribution in [-0.2, 0) is 16.6 Å². The molecule has 0 saturated heterocycles. The molecule has 1 amide bonds. The number of carbonyl (C=O) groups excluding carboxylic acids is 1. The molecule has 2 rings (SSSR count). The highest BCUT2D eigenvalue weighted by Crippen LogP contribution is 2.14. The third kappa shape index (κ3) is 7.91. The van der Waals surface area contributed by atoms with Gasteiger partial charge >= 0.3 is 0 Å². The Balaban J connectivity index is 0.000000257. The molecule has 2 unspecified atom stereocenters. The van der Waals surface area contributed by atoms with E-state index in [0.29, 0.717) is 11.8 Å². The highest BCUT2D eigenvalue weighted by Gasteiger charge is 2.05. The fraction of sp³-hybridized carbons (Fsp3) is 0.350. The van der Waals surface area contributed by atoms with Gasteiger partial charge in [0.25, 0.3) is 0 Å². The zero-order valence-electron chi connectivity index (χ0n) is 14.8. The summed E-state index contributed by atoms with van der Waals surface area (Å²) in [5, 5.41) is 12.0. The van der Waals surface area contributed by atoms with E-state index < -0.39 is 0 Å². The smallest absolute Gasteiger partial charge is 0.217 e. The first-order chi connectivity index (χ1) is 11.9. The van der Waals surface area contributed by atoms with Gasteiger partial charge in [0.05, 0.1) is 12.1 Å². The molecule has 0 saturated carbocycles. The fourth-order valence-electron chi connectivity index (χ4n) is 2.17. The normalized spacial score (nSPS) is 12.6. The van der Waals surface area contributed by atoms with E-state index in [1.807, 2.05) is 55.5 Å². The van der Waals surface area contributed by atoms with Gasteiger partial charge in [0.15, 0.2) is 0 Å². The van der Waals surface area contributed by atoms with Gasteiger partial charge in [0.2, 0.25) is 5.91 Å². The second-order valence-electron chi connectivity index (χ2n) is 5.85. The van der Waals surface area contributed by atoms with Crippen LogP contribution in [0.15, 0.2) is 48.5 Å². The van der Waals surface area contributed by atoms with Gasteiger partial charge in [-0.3, -0.25) is 4.79 Å². The Morgan fingerprint density at radius 3 is 1.64 bits per heavy atom. The molecule has 2 aromatic rings. The van der Waals surface area contributed by atoms with Crippen molar-refractivity contribution in [3.05, 3.63) is 70.8 Å². The van der Waals surface area contributed by atoms with Gasteiger partial charge in [0.1, 0.15) is 0 Å². The van der Waals surface area contributed by atoms with E-state index in [9.17, 15) is 4.79 Å². The summed E-state index contributed by atoms with van der Waals surface area (Å²) in [6.07, 6.45) is -0.389. The minimum atomic E-state index is -0.389. The molecule has 3 nitrogen and oxygen atoms in total. The Kier molecular flexibility index (Phi) is 9.58. The Morgan fingerprint density at radius 2 is 1.32 bits per heavy atom. The largest absolute Gasteiger partial charge is 0.389 e. The maximum atomic E-state index is 10.8. The summed E-state index contributed by atoms with van der Waals surface area (Å²) >= 11 is 11.3. The zero-order chi connectivity index (χ0) is 18.8. The third-order valence-electron chi connectivity index (χ3n) is 3.67. The molecule has 0 heterocycles. The Labute approximate surface area is 160 Å². The van der Waals surface area contributed by atoms with Crippen LogP contribution >= 0.6 is 23.2 Å². The predicted octanol–water partition coefficient (Wildman–Crippen LogP) is 5.10. The van der Waals surface area contributed by atoms with Crippen molar-refractivity contribution < 1.29 is 9.90 Å². The summed E-state index contributed by atoms with van der Waals surface area (Å²) in [5.74, 6) is 1.04. The van der Waals surface area contributed by atoms with Crippen LogP contribution in [0.3, 0.4) is 0 Å². The number of halogens is 2. The first kappa shape index (κ1) is 21.5. The highest BCUT2D eigenvalue weighted by atomic mass is 35.5. The van der Waals surface area contributed by atoms with E-state index >= 15 is 0 Å². The molecule has 0 bridgehead atoms.